The molecule has 738 valence electrons. The summed E-state index contributed by atoms with van der Waals surface area (Å²) in [4.78, 5) is 165. The number of ether oxygens (including phenoxy) is 1. The number of carbonyl (C=O) groups excluding carboxylic acids is 8. The molecule has 9 atom stereocenters. The molecule has 3 aliphatic rings. The number of nitrogens with one attached hydrogen (secondary N) is 4. The van der Waals surface area contributed by atoms with Crippen molar-refractivity contribution in [1.82, 2.24) is 50.2 Å². The number of amides is 6. The number of aromatic nitrogens is 4. The van der Waals surface area contributed by atoms with Crippen molar-refractivity contribution in [2.24, 2.45) is 11.8 Å². The second-order valence-corrected chi connectivity index (χ2v) is 37.3. The Labute approximate surface area is 826 Å². The maximum atomic E-state index is 14.3. The summed E-state index contributed by atoms with van der Waals surface area (Å²) in [5.74, 6) is -5.78. The number of pyridine rings is 4. The minimum Gasteiger partial charge on any atom is -0.481 e. The molecule has 2 aliphatic heterocycles. The topological polar surface area (TPSA) is 345 Å². The molecule has 6 heterocycles. The number of Topliss-reactive ketones (excluding diaryl/α,β-unsaturated/α-hetero) is 2. The first-order valence-electron chi connectivity index (χ1n) is 48.0. The highest BCUT2D eigenvalue weighted by molar-refractivity contribution is 5.92. The minimum absolute atomic E-state index is 0.00151. The number of ketones is 2. The third kappa shape index (κ3) is 28.2. The van der Waals surface area contributed by atoms with Crippen molar-refractivity contribution in [2.45, 2.75) is 202 Å². The normalized spacial score (nSPS) is 15.1. The first-order chi connectivity index (χ1) is 68.0. The third-order valence-corrected chi connectivity index (χ3v) is 26.0. The lowest BCUT2D eigenvalue weighted by atomic mass is 9.92. The average Bonchev–Trinajstić information content (AvgIpc) is 1.15. The van der Waals surface area contributed by atoms with E-state index in [-0.39, 0.29) is 96.5 Å². The number of hydrogen-bond donors (Lipinski definition) is 6. The lowest BCUT2D eigenvalue weighted by Crippen LogP contribution is -2.48. The van der Waals surface area contributed by atoms with Crippen molar-refractivity contribution < 1.29 is 71.7 Å². The molecule has 6 N–H and O–H groups in total. The van der Waals surface area contributed by atoms with E-state index in [0.717, 1.165) is 138 Å². The summed E-state index contributed by atoms with van der Waals surface area (Å²) in [7, 11) is 1.45. The molecule has 6 amide bonds. The second-order valence-electron chi connectivity index (χ2n) is 37.3. The number of nitrogens with zero attached hydrogens (tertiary/aromatic N) is 6. The molecular formula is C115H124F2N10O15. The van der Waals surface area contributed by atoms with Crippen LogP contribution >= 0.6 is 0 Å². The van der Waals surface area contributed by atoms with Crippen LogP contribution in [-0.2, 0) is 52.7 Å². The molecule has 142 heavy (non-hydrogen) atoms. The number of benzene rings is 8. The molecular weight excluding hydrogens is 1800 g/mol. The number of halogens is 2. The summed E-state index contributed by atoms with van der Waals surface area (Å²) in [5, 5.41) is 30.9. The van der Waals surface area contributed by atoms with Crippen molar-refractivity contribution in [1.29, 1.82) is 0 Å². The Kier molecular flexibility index (Phi) is 37.0. The molecule has 25 nitrogen and oxygen atoms in total. The first-order valence-corrected chi connectivity index (χ1v) is 48.0. The zero-order valence-corrected chi connectivity index (χ0v) is 82.3. The van der Waals surface area contributed by atoms with Gasteiger partial charge in [0.05, 0.1) is 43.6 Å². The van der Waals surface area contributed by atoms with Crippen LogP contribution in [0.1, 0.15) is 224 Å². The van der Waals surface area contributed by atoms with Gasteiger partial charge in [0.1, 0.15) is 35.7 Å². The molecule has 1 saturated carbocycles. The smallest absolute Gasteiger partial charge is 0.305 e. The number of rotatable bonds is 34. The molecule has 0 radical (unpaired) electrons. The van der Waals surface area contributed by atoms with Crippen LogP contribution < -0.4 is 32.4 Å². The Balaban J connectivity index is 0.000000169. The molecule has 0 bridgehead atoms. The van der Waals surface area contributed by atoms with Crippen molar-refractivity contribution in [3.63, 3.8) is 0 Å². The van der Waals surface area contributed by atoms with Crippen LogP contribution in [0.15, 0.2) is 265 Å². The number of methoxy groups -OCH3 is 1. The maximum Gasteiger partial charge on any atom is 0.305 e. The standard InChI is InChI=1S/C31H33F2N3O3.C30H32N2O3.C27H29N3O4.C27H30N2O5/c1-18-8-11-28(38)36(17-18)30(22-9-10-25(32)26(33)14-22)31(39)35-27(12-21(4)37)23-13-24(16-34-15-23)29-19(2)6-5-7-20(29)3;1-21-11-6-7-16-26(21)24-14-10-15-25(20-24)27(19-22(2)33)31-30(35)29(23-12-4-3-5-13-23)32-18-9-8-17-28(32)34;1-17-6-5-7-18(2)26(17)21-13-20(15-28-16-21)22(14-25(32)33)29-27(34)23(12-19-9-10-19)30-11-4-3-8-24(30)31;1-17-11-12-29(24(30)13-17)23(16-34-4)27(33)28-22(15-25(31)32)20-9-6-10-21(14-20)26-18(2)7-5-8-19(26)3/h5-7,9-10,13-16,18,27,30H,8,11-12,17H2,1-4H3,(H,35,39);3-7,10-16,20,27,29H,8-9,17-19H2,1-2H3,(H,31,35);3-8,11,13,15-16,19,22-23H,9-10,12,14H2,1-2H3,(H,29,34)(H,32,33);5-14,22-23H,15-16H2,1-4H3,(H,28,33)(H,31,32)/t18?,27-,30-;27-,29?;22-,23?;22-,23+/m0000/s1. The predicted molar refractivity (Wildman–Crippen MR) is 542 cm³/mol. The van der Waals surface area contributed by atoms with Crippen LogP contribution in [0, 0.1) is 78.9 Å². The van der Waals surface area contributed by atoms with Gasteiger partial charge in [-0.3, -0.25) is 67.5 Å². The number of aliphatic carboxylic acids is 2. The summed E-state index contributed by atoms with van der Waals surface area (Å²) < 4.78 is 35.9. The van der Waals surface area contributed by atoms with Crippen LogP contribution in [0.4, 0.5) is 8.78 Å². The number of piperidine rings is 2. The highest BCUT2D eigenvalue weighted by atomic mass is 19.2. The van der Waals surface area contributed by atoms with Crippen LogP contribution in [-0.4, -0.2) is 125 Å². The second kappa shape index (κ2) is 49.6. The van der Waals surface area contributed by atoms with E-state index in [1.54, 1.807) is 73.3 Å². The zero-order valence-electron chi connectivity index (χ0n) is 82.3. The lowest BCUT2D eigenvalue weighted by Gasteiger charge is -2.37. The molecule has 2 saturated heterocycles. The van der Waals surface area contributed by atoms with Gasteiger partial charge in [-0.1, -0.05) is 177 Å². The number of hydrogen-bond acceptors (Lipinski definition) is 15. The van der Waals surface area contributed by atoms with Gasteiger partial charge < -0.3 is 55.2 Å². The number of carbonyl (C=O) groups is 10. The van der Waals surface area contributed by atoms with Gasteiger partial charge in [-0.2, -0.15) is 0 Å². The van der Waals surface area contributed by atoms with Gasteiger partial charge in [0, 0.05) is 106 Å². The van der Waals surface area contributed by atoms with E-state index in [0.29, 0.717) is 55.0 Å². The highest BCUT2D eigenvalue weighted by Gasteiger charge is 2.40. The van der Waals surface area contributed by atoms with Gasteiger partial charge in [-0.05, 0) is 267 Å². The molecule has 4 aromatic heterocycles. The van der Waals surface area contributed by atoms with Crippen molar-refractivity contribution in [2.75, 3.05) is 26.8 Å². The summed E-state index contributed by atoms with van der Waals surface area (Å²) >= 11 is 0. The summed E-state index contributed by atoms with van der Waals surface area (Å²) in [6.07, 6.45) is 15.2. The monoisotopic (exact) mass is 1920 g/mol. The van der Waals surface area contributed by atoms with Gasteiger partial charge in [0.2, 0.25) is 35.4 Å². The fraction of sp³-hybridized carbons (Fsp3) is 0.322. The number of carboxylic acids is 2. The van der Waals surface area contributed by atoms with Gasteiger partial charge in [0.25, 0.3) is 11.1 Å². The molecule has 3 unspecified atom stereocenters. The van der Waals surface area contributed by atoms with Crippen molar-refractivity contribution in [3.05, 3.63) is 366 Å². The van der Waals surface area contributed by atoms with E-state index in [1.165, 1.54) is 53.2 Å². The lowest BCUT2D eigenvalue weighted by molar-refractivity contribution is -0.144. The summed E-state index contributed by atoms with van der Waals surface area (Å²) in [6.45, 7) is 21.7. The van der Waals surface area contributed by atoms with Crippen molar-refractivity contribution in [3.8, 4) is 44.5 Å². The fourth-order valence-electron chi connectivity index (χ4n) is 18.7. The fourth-order valence-corrected chi connectivity index (χ4v) is 18.7. The van der Waals surface area contributed by atoms with Crippen LogP contribution in [0.2, 0.25) is 0 Å². The Morgan fingerprint density at radius 3 is 1.37 bits per heavy atom. The van der Waals surface area contributed by atoms with E-state index in [2.05, 4.69) is 50.3 Å². The number of likely N-dealkylation sites (tertiary alicyclic amines) is 2. The molecule has 3 fully saturated rings. The van der Waals surface area contributed by atoms with Gasteiger partial charge >= 0.3 is 11.9 Å². The van der Waals surface area contributed by atoms with Crippen molar-refractivity contribution >= 4 is 58.9 Å². The van der Waals surface area contributed by atoms with Crippen LogP contribution in [0.25, 0.3) is 44.5 Å². The van der Waals surface area contributed by atoms with Gasteiger partial charge in [-0.15, -0.1) is 0 Å². The zero-order chi connectivity index (χ0) is 102. The van der Waals surface area contributed by atoms with E-state index in [4.69, 9.17) is 4.74 Å². The van der Waals surface area contributed by atoms with E-state index < -0.39 is 83.7 Å². The Morgan fingerprint density at radius 1 is 0.408 bits per heavy atom. The van der Waals surface area contributed by atoms with Gasteiger partial charge in [-0.25, -0.2) is 8.78 Å². The van der Waals surface area contributed by atoms with E-state index in [1.807, 2.05) is 200 Å². The maximum absolute atomic E-state index is 14.3. The summed E-state index contributed by atoms with van der Waals surface area (Å²) in [5.41, 5.74) is 19.5. The molecule has 8 aromatic carbocycles. The Morgan fingerprint density at radius 2 is 0.859 bits per heavy atom. The van der Waals surface area contributed by atoms with E-state index in [9.17, 15) is 76.5 Å². The van der Waals surface area contributed by atoms with Gasteiger partial charge in [0.15, 0.2) is 11.6 Å². The average molecular weight is 1920 g/mol. The quantitative estimate of drug-likeness (QED) is 0.0218. The highest BCUT2D eigenvalue weighted by Crippen LogP contribution is 2.40. The minimum atomic E-state index is -1.18. The molecule has 0 spiro atoms. The number of aryl methyl sites for hydroxylation is 8. The molecule has 1 aliphatic carbocycles. The molecule has 12 aromatic rings. The Hall–Kier alpha value is -15.1. The van der Waals surface area contributed by atoms with Crippen LogP contribution in [0.5, 0.6) is 0 Å². The molecule has 27 heteroatoms. The predicted octanol–water partition coefficient (Wildman–Crippen LogP) is 19.5. The van der Waals surface area contributed by atoms with Crippen LogP contribution in [0.3, 0.4) is 0 Å². The van der Waals surface area contributed by atoms with E-state index >= 15 is 0 Å². The molecule has 15 rings (SSSR count). The third-order valence-electron chi connectivity index (χ3n) is 26.0. The number of carboxylic acid groups (broad SMARTS) is 2. The Bertz CT molecular complexity index is 6650. The SMILES string of the molecule is CC(=O)C[C@H](NC(=O)C(c1ccccc1)N1CCCCC1=O)c1cccc(-c2ccccc2C)c1.CC(=O)C[C@H](NC(=O)[C@H](c1ccc(F)c(F)c1)N1CC(C)CCC1=O)c1cncc(-c2c(C)cccc2C)c1.COC[C@H](C(=O)N[C@@H](CC(=O)O)c1cccc(-c2c(C)cccc2C)c1)n1ccc(C)cc1=O.Cc1cccc(C)c1-c1cncc([C@H](CC(=O)O)NC(=O)C(CC2CC2)n2ccccc2=O)c1. The summed E-state index contributed by atoms with van der Waals surface area (Å²) in [6, 6.07) is 59.8. The largest absolute Gasteiger partial charge is 0.481 e. The first kappa shape index (κ1) is 106.